The second kappa shape index (κ2) is 12.6. The molecule has 2 heterocycles. The lowest BCUT2D eigenvalue weighted by Gasteiger charge is -2.31. The molecule has 210 valence electrons. The summed E-state index contributed by atoms with van der Waals surface area (Å²) in [5, 5.41) is 8.05. The van der Waals surface area contributed by atoms with Gasteiger partial charge in [0.1, 0.15) is 24.1 Å². The molecule has 8 nitrogen and oxygen atoms in total. The van der Waals surface area contributed by atoms with Crippen molar-refractivity contribution in [3.8, 4) is 5.75 Å². The monoisotopic (exact) mass is 581 g/mol. The maximum Gasteiger partial charge on any atom is 0.355 e. The van der Waals surface area contributed by atoms with Crippen molar-refractivity contribution in [3.05, 3.63) is 86.7 Å². The van der Waals surface area contributed by atoms with E-state index in [1.807, 2.05) is 61.9 Å². The molecule has 0 saturated heterocycles. The highest BCUT2D eigenvalue weighted by Gasteiger charge is 2.36. The number of nitrogens with zero attached hydrogens (tertiary/aromatic N) is 1. The number of carbonyl (C=O) groups is 3. The number of halogens is 1. The number of aromatic amines is 1. The van der Waals surface area contributed by atoms with E-state index in [0.29, 0.717) is 40.3 Å². The van der Waals surface area contributed by atoms with Gasteiger partial charge in [-0.3, -0.25) is 9.59 Å². The molecule has 0 radical (unpaired) electrons. The van der Waals surface area contributed by atoms with Crippen LogP contribution in [0.15, 0.2) is 59.3 Å². The van der Waals surface area contributed by atoms with Crippen molar-refractivity contribution in [2.75, 3.05) is 6.61 Å². The van der Waals surface area contributed by atoms with Crippen LogP contribution in [-0.4, -0.2) is 40.3 Å². The number of esters is 1. The summed E-state index contributed by atoms with van der Waals surface area (Å²) in [7, 11) is 0. The molecule has 2 aromatic carbocycles. The molecular formula is C30H32ClN3O5S. The summed E-state index contributed by atoms with van der Waals surface area (Å²) < 4.78 is 11.2. The van der Waals surface area contributed by atoms with Crippen LogP contribution in [0, 0.1) is 0 Å². The van der Waals surface area contributed by atoms with Gasteiger partial charge in [0, 0.05) is 33.6 Å². The molecule has 0 spiro atoms. The number of amides is 2. The number of hydrogen-bond acceptors (Lipinski definition) is 6. The summed E-state index contributed by atoms with van der Waals surface area (Å²) in [6, 6.07) is 13.3. The number of rotatable bonds is 11. The molecule has 0 aliphatic rings. The predicted molar refractivity (Wildman–Crippen MR) is 157 cm³/mol. The first-order valence-electron chi connectivity index (χ1n) is 12.8. The Bertz CT molecular complexity index is 1480. The molecular weight excluding hydrogens is 550 g/mol. The van der Waals surface area contributed by atoms with Gasteiger partial charge in [0.05, 0.1) is 6.61 Å². The first-order chi connectivity index (χ1) is 19.1. The topological polar surface area (TPSA) is 101 Å². The molecule has 40 heavy (non-hydrogen) atoms. The molecule has 0 fully saturated rings. The zero-order chi connectivity index (χ0) is 28.9. The smallest absolute Gasteiger partial charge is 0.355 e. The highest BCUT2D eigenvalue weighted by atomic mass is 35.5. The van der Waals surface area contributed by atoms with Crippen LogP contribution in [0.1, 0.15) is 60.9 Å². The second-order valence-electron chi connectivity index (χ2n) is 10.3. The molecule has 2 amide bonds. The fourth-order valence-electron chi connectivity index (χ4n) is 4.36. The maximum absolute atomic E-state index is 13.8. The van der Waals surface area contributed by atoms with Crippen molar-refractivity contribution in [1.29, 1.82) is 0 Å². The van der Waals surface area contributed by atoms with Gasteiger partial charge in [-0.1, -0.05) is 29.8 Å². The van der Waals surface area contributed by atoms with Crippen molar-refractivity contribution >= 4 is 52.1 Å². The van der Waals surface area contributed by atoms with Gasteiger partial charge in [-0.2, -0.15) is 11.3 Å². The lowest BCUT2D eigenvalue weighted by atomic mass is 9.98. The number of H-pyrrole nitrogens is 1. The van der Waals surface area contributed by atoms with Gasteiger partial charge in [-0.25, -0.2) is 4.79 Å². The molecule has 1 unspecified atom stereocenters. The molecule has 0 aliphatic heterocycles. The molecule has 0 aliphatic carbocycles. The lowest BCUT2D eigenvalue weighted by Crippen LogP contribution is -2.47. The van der Waals surface area contributed by atoms with Gasteiger partial charge in [-0.05, 0) is 79.9 Å². The predicted octanol–water partition coefficient (Wildman–Crippen LogP) is 6.25. The van der Waals surface area contributed by atoms with Crippen LogP contribution >= 0.6 is 22.9 Å². The minimum Gasteiger partial charge on any atom is -0.489 e. The fraction of sp³-hybridized carbons (Fsp3) is 0.300. The molecule has 4 aromatic rings. The summed E-state index contributed by atoms with van der Waals surface area (Å²) in [6.45, 7) is 7.96. The molecule has 1 atom stereocenters. The Morgan fingerprint density at radius 1 is 1.12 bits per heavy atom. The zero-order valence-corrected chi connectivity index (χ0v) is 24.4. The van der Waals surface area contributed by atoms with Crippen molar-refractivity contribution in [2.24, 2.45) is 0 Å². The molecule has 2 aromatic heterocycles. The van der Waals surface area contributed by atoms with E-state index in [9.17, 15) is 14.4 Å². The largest absolute Gasteiger partial charge is 0.489 e. The van der Waals surface area contributed by atoms with Crippen LogP contribution in [0.25, 0.3) is 10.9 Å². The number of ether oxygens (including phenoxy) is 2. The maximum atomic E-state index is 13.8. The molecule has 10 heteroatoms. The molecule has 2 N–H and O–H groups in total. The van der Waals surface area contributed by atoms with E-state index in [1.165, 1.54) is 4.90 Å². The van der Waals surface area contributed by atoms with Gasteiger partial charge in [0.25, 0.3) is 0 Å². The first-order valence-corrected chi connectivity index (χ1v) is 14.2. The second-order valence-corrected chi connectivity index (χ2v) is 11.5. The lowest BCUT2D eigenvalue weighted by molar-refractivity contribution is -0.134. The Hall–Kier alpha value is -3.82. The van der Waals surface area contributed by atoms with Crippen LogP contribution in [0.4, 0.5) is 0 Å². The summed E-state index contributed by atoms with van der Waals surface area (Å²) in [5.41, 5.74) is 2.27. The molecule has 0 bridgehead atoms. The fourth-order valence-corrected chi connectivity index (χ4v) is 5.18. The number of hydrogen-bond donors (Lipinski definition) is 2. The van der Waals surface area contributed by atoms with E-state index in [4.69, 9.17) is 21.1 Å². The van der Waals surface area contributed by atoms with Gasteiger partial charge < -0.3 is 24.7 Å². The standard InChI is InChI=1S/C30H32ClN3O5S/c1-5-38-29(37)26-25(23-11-8-21(31)14-24(23)32-26)27(28(36)33-30(2,3)4)34(18-35)15-19-6-9-22(10-7-19)39-16-20-12-13-40-17-20/h6-14,17-18,27,32H,5,15-16H2,1-4H3,(H,33,36). The van der Waals surface area contributed by atoms with Crippen molar-refractivity contribution in [3.63, 3.8) is 0 Å². The number of nitrogens with one attached hydrogen (secondary N) is 2. The summed E-state index contributed by atoms with van der Waals surface area (Å²) in [5.74, 6) is -0.374. The third kappa shape index (κ3) is 7.03. The highest BCUT2D eigenvalue weighted by Crippen LogP contribution is 2.35. The summed E-state index contributed by atoms with van der Waals surface area (Å²) in [6.07, 6.45) is 0.623. The normalized spacial score (nSPS) is 12.1. The Balaban J connectivity index is 1.71. The number of benzene rings is 2. The van der Waals surface area contributed by atoms with Crippen LogP contribution in [0.2, 0.25) is 5.02 Å². The first kappa shape index (κ1) is 29.2. The molecule has 4 rings (SSSR count). The number of aromatic nitrogens is 1. The van der Waals surface area contributed by atoms with Crippen LogP contribution in [-0.2, 0) is 27.5 Å². The average molecular weight is 582 g/mol. The van der Waals surface area contributed by atoms with Crippen molar-refractivity contribution in [1.82, 2.24) is 15.2 Å². The van der Waals surface area contributed by atoms with Gasteiger partial charge in [0.15, 0.2) is 0 Å². The number of fused-ring (bicyclic) bond motifs is 1. The third-order valence-electron chi connectivity index (χ3n) is 6.04. The van der Waals surface area contributed by atoms with E-state index in [2.05, 4.69) is 10.3 Å². The van der Waals surface area contributed by atoms with E-state index in [0.717, 1.165) is 11.1 Å². The average Bonchev–Trinajstić information content (AvgIpc) is 3.55. The Morgan fingerprint density at radius 2 is 1.88 bits per heavy atom. The van der Waals surface area contributed by atoms with Gasteiger partial charge in [0.2, 0.25) is 12.3 Å². The SMILES string of the molecule is CCOC(=O)c1[nH]c2cc(Cl)ccc2c1C(C(=O)NC(C)(C)C)N(C=O)Cc1ccc(OCc2ccsc2)cc1. The van der Waals surface area contributed by atoms with Gasteiger partial charge in [-0.15, -0.1) is 0 Å². The Labute approximate surface area is 242 Å². The Morgan fingerprint density at radius 3 is 2.50 bits per heavy atom. The number of thiophene rings is 1. The minimum absolute atomic E-state index is 0.0946. The van der Waals surface area contributed by atoms with Crippen LogP contribution in [0.3, 0.4) is 0 Å². The van der Waals surface area contributed by atoms with Crippen molar-refractivity contribution in [2.45, 2.75) is 52.4 Å². The quantitative estimate of drug-likeness (QED) is 0.161. The summed E-state index contributed by atoms with van der Waals surface area (Å²) >= 11 is 7.83. The van der Waals surface area contributed by atoms with E-state index in [-0.39, 0.29) is 18.8 Å². The van der Waals surface area contributed by atoms with Crippen LogP contribution < -0.4 is 10.1 Å². The summed E-state index contributed by atoms with van der Waals surface area (Å²) in [4.78, 5) is 43.9. The van der Waals surface area contributed by atoms with E-state index >= 15 is 0 Å². The van der Waals surface area contributed by atoms with Crippen LogP contribution in [0.5, 0.6) is 5.75 Å². The van der Waals surface area contributed by atoms with Gasteiger partial charge >= 0.3 is 5.97 Å². The number of carbonyl (C=O) groups excluding carboxylic acids is 3. The highest BCUT2D eigenvalue weighted by molar-refractivity contribution is 7.07. The Kier molecular flexibility index (Phi) is 9.17. The minimum atomic E-state index is -1.14. The third-order valence-corrected chi connectivity index (χ3v) is 7.01. The zero-order valence-electron chi connectivity index (χ0n) is 22.8. The molecule has 0 saturated carbocycles. The van der Waals surface area contributed by atoms with E-state index < -0.39 is 23.5 Å². The van der Waals surface area contributed by atoms with E-state index in [1.54, 1.807) is 36.5 Å². The van der Waals surface area contributed by atoms with Crippen molar-refractivity contribution < 1.29 is 23.9 Å².